The van der Waals surface area contributed by atoms with Crippen molar-refractivity contribution < 1.29 is 23.5 Å². The third kappa shape index (κ3) is 6.04. The van der Waals surface area contributed by atoms with Gasteiger partial charge in [-0.15, -0.1) is 0 Å². The van der Waals surface area contributed by atoms with Crippen LogP contribution in [0.25, 0.3) is 0 Å². The molecule has 1 fully saturated rings. The minimum absolute atomic E-state index is 0.0767. The number of nitrogens with one attached hydrogen (secondary N) is 1. The first-order valence-electron chi connectivity index (χ1n) is 9.60. The molecule has 1 heterocycles. The third-order valence-corrected chi connectivity index (χ3v) is 4.80. The van der Waals surface area contributed by atoms with Crippen molar-refractivity contribution in [2.75, 3.05) is 13.1 Å². The standard InChI is InChI=1S/C21H29FN2O4/c1-14(18(25)23-13-15-5-7-17(22)8-6-15)28-19(26)16-9-11-24(12-10-16)20(27)21(2,3)4/h5-8,14,16H,9-13H2,1-4H3,(H,23,25)/t14-/m0/s1. The molecule has 1 N–H and O–H groups in total. The lowest BCUT2D eigenvalue weighted by Crippen LogP contribution is -2.46. The van der Waals surface area contributed by atoms with E-state index in [1.807, 2.05) is 20.8 Å². The van der Waals surface area contributed by atoms with E-state index in [0.29, 0.717) is 25.9 Å². The SMILES string of the molecule is C[C@H](OC(=O)C1CCN(C(=O)C(C)(C)C)CC1)C(=O)NCc1ccc(F)cc1. The molecule has 7 heteroatoms. The normalized spacial score (nSPS) is 16.4. The maximum atomic E-state index is 12.9. The molecule has 0 radical (unpaired) electrons. The van der Waals surface area contributed by atoms with Gasteiger partial charge in [0.1, 0.15) is 5.82 Å². The number of nitrogens with zero attached hydrogens (tertiary/aromatic N) is 1. The molecule has 0 saturated carbocycles. The summed E-state index contributed by atoms with van der Waals surface area (Å²) in [4.78, 5) is 38.6. The van der Waals surface area contributed by atoms with Crippen LogP contribution in [0, 0.1) is 17.2 Å². The van der Waals surface area contributed by atoms with Crippen LogP contribution < -0.4 is 5.32 Å². The minimum Gasteiger partial charge on any atom is -0.452 e. The molecule has 28 heavy (non-hydrogen) atoms. The molecule has 0 aliphatic carbocycles. The smallest absolute Gasteiger partial charge is 0.309 e. The number of halogens is 1. The molecule has 6 nitrogen and oxygen atoms in total. The van der Waals surface area contributed by atoms with E-state index in [4.69, 9.17) is 4.74 Å². The van der Waals surface area contributed by atoms with Crippen molar-refractivity contribution in [1.29, 1.82) is 0 Å². The number of amides is 2. The zero-order chi connectivity index (χ0) is 20.9. The number of hydrogen-bond donors (Lipinski definition) is 1. The van der Waals surface area contributed by atoms with Gasteiger partial charge in [-0.3, -0.25) is 14.4 Å². The molecule has 1 saturated heterocycles. The molecule has 1 aliphatic rings. The van der Waals surface area contributed by atoms with Crippen LogP contribution in [0.2, 0.25) is 0 Å². The Balaban J connectivity index is 1.77. The highest BCUT2D eigenvalue weighted by molar-refractivity contribution is 5.84. The minimum atomic E-state index is -0.915. The molecular weight excluding hydrogens is 363 g/mol. The first-order valence-corrected chi connectivity index (χ1v) is 9.60. The summed E-state index contributed by atoms with van der Waals surface area (Å²) in [5.74, 6) is -1.39. The summed E-state index contributed by atoms with van der Waals surface area (Å²) in [6.45, 7) is 8.41. The summed E-state index contributed by atoms with van der Waals surface area (Å²) >= 11 is 0. The van der Waals surface area contributed by atoms with Gasteiger partial charge in [-0.05, 0) is 37.5 Å². The van der Waals surface area contributed by atoms with E-state index < -0.39 is 23.4 Å². The number of ether oxygens (including phenoxy) is 1. The van der Waals surface area contributed by atoms with E-state index in [2.05, 4.69) is 5.32 Å². The second kappa shape index (κ2) is 9.17. The van der Waals surface area contributed by atoms with Gasteiger partial charge in [-0.25, -0.2) is 4.39 Å². The lowest BCUT2D eigenvalue weighted by Gasteiger charge is -2.35. The predicted molar refractivity (Wildman–Crippen MR) is 103 cm³/mol. The molecule has 1 aromatic carbocycles. The maximum Gasteiger partial charge on any atom is 0.309 e. The van der Waals surface area contributed by atoms with Crippen LogP contribution in [0.3, 0.4) is 0 Å². The number of rotatable bonds is 5. The highest BCUT2D eigenvalue weighted by atomic mass is 19.1. The summed E-state index contributed by atoms with van der Waals surface area (Å²) in [7, 11) is 0. The van der Waals surface area contributed by atoms with Gasteiger partial charge in [0.15, 0.2) is 6.10 Å². The molecule has 154 valence electrons. The van der Waals surface area contributed by atoms with E-state index in [-0.39, 0.29) is 24.2 Å². The summed E-state index contributed by atoms with van der Waals surface area (Å²) in [6.07, 6.45) is 0.150. The van der Waals surface area contributed by atoms with E-state index in [9.17, 15) is 18.8 Å². The lowest BCUT2D eigenvalue weighted by atomic mass is 9.91. The van der Waals surface area contributed by atoms with Crippen LogP contribution in [0.1, 0.15) is 46.1 Å². The molecule has 0 unspecified atom stereocenters. The van der Waals surface area contributed by atoms with Gasteiger partial charge in [-0.1, -0.05) is 32.9 Å². The maximum absolute atomic E-state index is 12.9. The number of carbonyl (C=O) groups excluding carboxylic acids is 3. The van der Waals surface area contributed by atoms with Gasteiger partial charge < -0.3 is 15.0 Å². The molecule has 2 rings (SSSR count). The largest absolute Gasteiger partial charge is 0.452 e. The van der Waals surface area contributed by atoms with Gasteiger partial charge in [0.05, 0.1) is 5.92 Å². The number of carbonyl (C=O) groups is 3. The quantitative estimate of drug-likeness (QED) is 0.782. The molecule has 0 aromatic heterocycles. The fraction of sp³-hybridized carbons (Fsp3) is 0.571. The molecular formula is C21H29FN2O4. The van der Waals surface area contributed by atoms with Gasteiger partial charge in [-0.2, -0.15) is 0 Å². The van der Waals surface area contributed by atoms with Gasteiger partial charge in [0, 0.05) is 25.0 Å². The van der Waals surface area contributed by atoms with Gasteiger partial charge in [0.25, 0.3) is 5.91 Å². The Hall–Kier alpha value is -2.44. The molecule has 2 amide bonds. The second-order valence-electron chi connectivity index (χ2n) is 8.24. The summed E-state index contributed by atoms with van der Waals surface area (Å²) < 4.78 is 18.2. The fourth-order valence-electron chi connectivity index (χ4n) is 3.05. The zero-order valence-corrected chi connectivity index (χ0v) is 17.0. The first-order chi connectivity index (χ1) is 13.1. The lowest BCUT2D eigenvalue weighted by molar-refractivity contribution is -0.161. The molecule has 1 aromatic rings. The van der Waals surface area contributed by atoms with Crippen LogP contribution in [-0.4, -0.2) is 41.9 Å². The van der Waals surface area contributed by atoms with Crippen LogP contribution in [0.4, 0.5) is 4.39 Å². The summed E-state index contributed by atoms with van der Waals surface area (Å²) in [5.41, 5.74) is 0.314. The molecule has 1 aliphatic heterocycles. The Kier molecular flexibility index (Phi) is 7.16. The van der Waals surface area contributed by atoms with Crippen LogP contribution >= 0.6 is 0 Å². The van der Waals surface area contributed by atoms with Crippen molar-refractivity contribution in [3.05, 3.63) is 35.6 Å². The zero-order valence-electron chi connectivity index (χ0n) is 17.0. The van der Waals surface area contributed by atoms with Crippen molar-refractivity contribution in [2.45, 2.75) is 53.2 Å². The van der Waals surface area contributed by atoms with Crippen molar-refractivity contribution in [2.24, 2.45) is 11.3 Å². The molecule has 1 atom stereocenters. The molecule has 0 bridgehead atoms. The number of benzene rings is 1. The highest BCUT2D eigenvalue weighted by Crippen LogP contribution is 2.24. The topological polar surface area (TPSA) is 75.7 Å². The van der Waals surface area contributed by atoms with Crippen LogP contribution in [0.5, 0.6) is 0 Å². The van der Waals surface area contributed by atoms with Crippen molar-refractivity contribution in [1.82, 2.24) is 10.2 Å². The van der Waals surface area contributed by atoms with Crippen molar-refractivity contribution >= 4 is 17.8 Å². The van der Waals surface area contributed by atoms with Gasteiger partial charge in [0.2, 0.25) is 5.91 Å². The van der Waals surface area contributed by atoms with E-state index >= 15 is 0 Å². The Labute approximate surface area is 165 Å². The fourth-order valence-corrected chi connectivity index (χ4v) is 3.05. The number of likely N-dealkylation sites (tertiary alicyclic amines) is 1. The summed E-state index contributed by atoms with van der Waals surface area (Å²) in [6, 6.07) is 5.81. The van der Waals surface area contributed by atoms with Gasteiger partial charge >= 0.3 is 5.97 Å². The monoisotopic (exact) mass is 392 g/mol. The van der Waals surface area contributed by atoms with Crippen molar-refractivity contribution in [3.63, 3.8) is 0 Å². The average Bonchev–Trinajstić information content (AvgIpc) is 2.66. The average molecular weight is 392 g/mol. The second-order valence-corrected chi connectivity index (χ2v) is 8.24. The van der Waals surface area contributed by atoms with Crippen LogP contribution in [-0.2, 0) is 25.7 Å². The van der Waals surface area contributed by atoms with E-state index in [0.717, 1.165) is 5.56 Å². The predicted octanol–water partition coefficient (Wildman–Crippen LogP) is 2.66. The number of esters is 1. The Morgan fingerprint density at radius 1 is 1.18 bits per heavy atom. The van der Waals surface area contributed by atoms with Crippen molar-refractivity contribution in [3.8, 4) is 0 Å². The number of piperidine rings is 1. The van der Waals surface area contributed by atoms with E-state index in [1.165, 1.54) is 19.1 Å². The first kappa shape index (κ1) is 21.9. The Morgan fingerprint density at radius 2 is 1.75 bits per heavy atom. The third-order valence-electron chi connectivity index (χ3n) is 4.80. The Morgan fingerprint density at radius 3 is 2.29 bits per heavy atom. The highest BCUT2D eigenvalue weighted by Gasteiger charge is 2.33. The van der Waals surface area contributed by atoms with Crippen LogP contribution in [0.15, 0.2) is 24.3 Å². The van der Waals surface area contributed by atoms with E-state index in [1.54, 1.807) is 17.0 Å². The number of hydrogen-bond acceptors (Lipinski definition) is 4. The summed E-state index contributed by atoms with van der Waals surface area (Å²) in [5, 5.41) is 2.67. The Bertz CT molecular complexity index is 704. The molecule has 0 spiro atoms.